The van der Waals surface area contributed by atoms with Crippen molar-refractivity contribution in [3.8, 4) is 11.5 Å². The van der Waals surface area contributed by atoms with E-state index in [0.717, 1.165) is 5.56 Å². The first kappa shape index (κ1) is 13.0. The maximum absolute atomic E-state index is 11.9. The lowest BCUT2D eigenvalue weighted by atomic mass is 10.1. The number of phenolic OH excluding ortho intramolecular Hbond substituents is 2. The van der Waals surface area contributed by atoms with E-state index in [-0.39, 0.29) is 17.9 Å². The van der Waals surface area contributed by atoms with Crippen LogP contribution in [0, 0.1) is 6.92 Å². The normalized spacial score (nSPS) is 10.2. The van der Waals surface area contributed by atoms with Gasteiger partial charge in [-0.2, -0.15) is 0 Å². The van der Waals surface area contributed by atoms with Crippen LogP contribution >= 0.6 is 0 Å². The van der Waals surface area contributed by atoms with Crippen molar-refractivity contribution in [3.63, 3.8) is 0 Å². The first-order chi connectivity index (χ1) is 9.09. The molecule has 0 saturated carbocycles. The molecule has 19 heavy (non-hydrogen) atoms. The molecular weight excluding hydrogens is 244 g/mol. The molecule has 2 aromatic carbocycles. The van der Waals surface area contributed by atoms with Crippen molar-refractivity contribution in [2.24, 2.45) is 0 Å². The summed E-state index contributed by atoms with van der Waals surface area (Å²) in [6, 6.07) is 12.1. The zero-order chi connectivity index (χ0) is 13.8. The summed E-state index contributed by atoms with van der Waals surface area (Å²) >= 11 is 0. The molecule has 0 aliphatic carbocycles. The summed E-state index contributed by atoms with van der Waals surface area (Å²) in [6.07, 6.45) is 0. The summed E-state index contributed by atoms with van der Waals surface area (Å²) in [5.74, 6) is -1.44. The Balaban J connectivity index is 2.15. The van der Waals surface area contributed by atoms with E-state index in [4.69, 9.17) is 4.74 Å². The smallest absolute Gasteiger partial charge is 0.342 e. The molecule has 4 heteroatoms. The van der Waals surface area contributed by atoms with Gasteiger partial charge in [-0.05, 0) is 24.1 Å². The monoisotopic (exact) mass is 258 g/mol. The molecule has 0 radical (unpaired) electrons. The lowest BCUT2D eigenvalue weighted by Crippen LogP contribution is -2.07. The van der Waals surface area contributed by atoms with Crippen LogP contribution in [0.15, 0.2) is 42.5 Å². The van der Waals surface area contributed by atoms with Crippen molar-refractivity contribution in [2.45, 2.75) is 13.5 Å². The van der Waals surface area contributed by atoms with E-state index in [9.17, 15) is 15.0 Å². The second-order valence-corrected chi connectivity index (χ2v) is 4.19. The fourth-order valence-corrected chi connectivity index (χ4v) is 1.73. The molecule has 0 fully saturated rings. The number of ether oxygens (including phenoxy) is 1. The lowest BCUT2D eigenvalue weighted by molar-refractivity contribution is 0.0468. The minimum atomic E-state index is -0.658. The van der Waals surface area contributed by atoms with Crippen LogP contribution in [-0.2, 0) is 11.3 Å². The van der Waals surface area contributed by atoms with Gasteiger partial charge in [0, 0.05) is 0 Å². The van der Waals surface area contributed by atoms with Gasteiger partial charge in [0.25, 0.3) is 0 Å². The Labute approximate surface area is 110 Å². The molecule has 0 aromatic heterocycles. The van der Waals surface area contributed by atoms with Crippen LogP contribution in [-0.4, -0.2) is 16.2 Å². The highest BCUT2D eigenvalue weighted by Crippen LogP contribution is 2.31. The number of benzene rings is 2. The largest absolute Gasteiger partial charge is 0.504 e. The molecule has 0 amide bonds. The van der Waals surface area contributed by atoms with Crippen LogP contribution in [0.25, 0.3) is 0 Å². The van der Waals surface area contributed by atoms with Crippen molar-refractivity contribution in [1.29, 1.82) is 0 Å². The number of rotatable bonds is 3. The molecule has 2 aromatic rings. The minimum absolute atomic E-state index is 0.00377. The molecule has 0 spiro atoms. The summed E-state index contributed by atoms with van der Waals surface area (Å²) < 4.78 is 5.12. The van der Waals surface area contributed by atoms with E-state index in [0.29, 0.717) is 5.56 Å². The van der Waals surface area contributed by atoms with Gasteiger partial charge in [0.2, 0.25) is 0 Å². The van der Waals surface area contributed by atoms with Crippen molar-refractivity contribution >= 4 is 5.97 Å². The van der Waals surface area contributed by atoms with E-state index in [2.05, 4.69) is 0 Å². The maximum atomic E-state index is 11.9. The van der Waals surface area contributed by atoms with Gasteiger partial charge in [-0.3, -0.25) is 0 Å². The average molecular weight is 258 g/mol. The molecule has 0 bridgehead atoms. The molecule has 2 N–H and O–H groups in total. The Morgan fingerprint density at radius 2 is 1.79 bits per heavy atom. The summed E-state index contributed by atoms with van der Waals surface area (Å²) in [6.45, 7) is 1.78. The van der Waals surface area contributed by atoms with E-state index in [1.54, 1.807) is 13.0 Å². The van der Waals surface area contributed by atoms with Gasteiger partial charge in [-0.25, -0.2) is 4.79 Å². The number of aromatic hydroxyl groups is 2. The summed E-state index contributed by atoms with van der Waals surface area (Å²) in [4.78, 5) is 11.9. The summed E-state index contributed by atoms with van der Waals surface area (Å²) in [5.41, 5.74) is 1.40. The SMILES string of the molecule is Cc1ccc(O)c(O)c1C(=O)OCc1ccccc1. The number of hydrogen-bond acceptors (Lipinski definition) is 4. The van der Waals surface area contributed by atoms with Crippen molar-refractivity contribution in [1.82, 2.24) is 0 Å². The highest BCUT2D eigenvalue weighted by molar-refractivity contribution is 5.95. The predicted molar refractivity (Wildman–Crippen MR) is 70.1 cm³/mol. The zero-order valence-electron chi connectivity index (χ0n) is 10.5. The van der Waals surface area contributed by atoms with Gasteiger partial charge in [-0.1, -0.05) is 36.4 Å². The van der Waals surface area contributed by atoms with Crippen LogP contribution in [0.1, 0.15) is 21.5 Å². The van der Waals surface area contributed by atoms with Crippen LogP contribution in [0.3, 0.4) is 0 Å². The fraction of sp³-hybridized carbons (Fsp3) is 0.133. The van der Waals surface area contributed by atoms with Gasteiger partial charge in [0.15, 0.2) is 11.5 Å². The van der Waals surface area contributed by atoms with Crippen LogP contribution in [0.5, 0.6) is 11.5 Å². The first-order valence-corrected chi connectivity index (χ1v) is 5.82. The van der Waals surface area contributed by atoms with Crippen LogP contribution in [0.2, 0.25) is 0 Å². The molecule has 98 valence electrons. The standard InChI is InChI=1S/C15H14O4/c1-10-7-8-12(16)14(17)13(10)15(18)19-9-11-5-3-2-4-6-11/h2-8,16-17H,9H2,1H3. The third-order valence-electron chi connectivity index (χ3n) is 2.78. The number of hydrogen-bond donors (Lipinski definition) is 2. The van der Waals surface area contributed by atoms with Gasteiger partial charge in [-0.15, -0.1) is 0 Å². The summed E-state index contributed by atoms with van der Waals surface area (Å²) in [5, 5.41) is 19.1. The Hall–Kier alpha value is -2.49. The molecule has 4 nitrogen and oxygen atoms in total. The average Bonchev–Trinajstić information content (AvgIpc) is 2.42. The van der Waals surface area contributed by atoms with E-state index >= 15 is 0 Å². The van der Waals surface area contributed by atoms with Crippen LogP contribution in [0.4, 0.5) is 0 Å². The molecule has 0 heterocycles. The van der Waals surface area contributed by atoms with Crippen LogP contribution < -0.4 is 0 Å². The molecule has 0 atom stereocenters. The fourth-order valence-electron chi connectivity index (χ4n) is 1.73. The Morgan fingerprint density at radius 1 is 1.11 bits per heavy atom. The maximum Gasteiger partial charge on any atom is 0.342 e. The zero-order valence-corrected chi connectivity index (χ0v) is 10.5. The third kappa shape index (κ3) is 2.85. The molecular formula is C15H14O4. The summed E-state index contributed by atoms with van der Waals surface area (Å²) in [7, 11) is 0. The van der Waals surface area contributed by atoms with E-state index in [1.165, 1.54) is 6.07 Å². The number of carbonyl (C=O) groups is 1. The lowest BCUT2D eigenvalue weighted by Gasteiger charge is -2.09. The number of aryl methyl sites for hydroxylation is 1. The highest BCUT2D eigenvalue weighted by atomic mass is 16.5. The Morgan fingerprint density at radius 3 is 2.47 bits per heavy atom. The highest BCUT2D eigenvalue weighted by Gasteiger charge is 2.18. The number of carbonyl (C=O) groups excluding carboxylic acids is 1. The number of esters is 1. The van der Waals surface area contributed by atoms with Crippen molar-refractivity contribution in [2.75, 3.05) is 0 Å². The second kappa shape index (κ2) is 5.44. The molecule has 0 aliphatic rings. The topological polar surface area (TPSA) is 66.8 Å². The van der Waals surface area contributed by atoms with E-state index in [1.807, 2.05) is 30.3 Å². The van der Waals surface area contributed by atoms with Gasteiger partial charge in [0.1, 0.15) is 12.2 Å². The van der Waals surface area contributed by atoms with Gasteiger partial charge >= 0.3 is 5.97 Å². The minimum Gasteiger partial charge on any atom is -0.504 e. The molecule has 2 rings (SSSR count). The predicted octanol–water partition coefficient (Wildman–Crippen LogP) is 2.76. The molecule has 0 saturated heterocycles. The molecule has 0 aliphatic heterocycles. The van der Waals surface area contributed by atoms with E-state index < -0.39 is 11.7 Å². The van der Waals surface area contributed by atoms with Crippen molar-refractivity contribution < 1.29 is 19.7 Å². The quantitative estimate of drug-likeness (QED) is 0.656. The number of phenols is 2. The third-order valence-corrected chi connectivity index (χ3v) is 2.78. The van der Waals surface area contributed by atoms with Gasteiger partial charge < -0.3 is 14.9 Å². The van der Waals surface area contributed by atoms with Gasteiger partial charge in [0.05, 0.1) is 0 Å². The Bertz CT molecular complexity index is 591. The Kier molecular flexibility index (Phi) is 3.71. The first-order valence-electron chi connectivity index (χ1n) is 5.82. The molecule has 0 unspecified atom stereocenters. The second-order valence-electron chi connectivity index (χ2n) is 4.19. The van der Waals surface area contributed by atoms with Crippen molar-refractivity contribution in [3.05, 3.63) is 59.2 Å².